The SMILES string of the molecule is CCSc1cccc(Oc2cc(C)[nH]n2)c1C(=N)N. The monoisotopic (exact) mass is 276 g/mol. The number of hydrogen-bond donors (Lipinski definition) is 3. The molecule has 0 aliphatic rings. The molecule has 0 spiro atoms. The lowest BCUT2D eigenvalue weighted by Gasteiger charge is -2.12. The van der Waals surface area contributed by atoms with Crippen molar-refractivity contribution in [1.82, 2.24) is 10.2 Å². The number of ether oxygens (including phenoxy) is 1. The first-order valence-corrected chi connectivity index (χ1v) is 6.90. The first-order valence-electron chi connectivity index (χ1n) is 5.92. The number of nitrogens with zero attached hydrogens (tertiary/aromatic N) is 1. The van der Waals surface area contributed by atoms with Gasteiger partial charge in [0.25, 0.3) is 0 Å². The van der Waals surface area contributed by atoms with Gasteiger partial charge in [0.05, 0.1) is 5.56 Å². The van der Waals surface area contributed by atoms with E-state index < -0.39 is 0 Å². The minimum Gasteiger partial charge on any atom is -0.437 e. The van der Waals surface area contributed by atoms with Crippen LogP contribution in [0.4, 0.5) is 0 Å². The van der Waals surface area contributed by atoms with Crippen molar-refractivity contribution >= 4 is 17.6 Å². The van der Waals surface area contributed by atoms with Gasteiger partial charge in [-0.2, -0.15) is 0 Å². The van der Waals surface area contributed by atoms with Gasteiger partial charge in [-0.3, -0.25) is 10.5 Å². The molecule has 0 unspecified atom stereocenters. The quantitative estimate of drug-likeness (QED) is 0.445. The molecule has 19 heavy (non-hydrogen) atoms. The number of aromatic amines is 1. The highest BCUT2D eigenvalue weighted by Gasteiger charge is 2.14. The van der Waals surface area contributed by atoms with Gasteiger partial charge in [0, 0.05) is 16.7 Å². The molecule has 0 radical (unpaired) electrons. The van der Waals surface area contributed by atoms with Crippen LogP contribution in [0.25, 0.3) is 0 Å². The lowest BCUT2D eigenvalue weighted by atomic mass is 10.2. The van der Waals surface area contributed by atoms with Crippen LogP contribution < -0.4 is 10.5 Å². The number of nitrogens with two attached hydrogens (primary N) is 1. The number of hydrogen-bond acceptors (Lipinski definition) is 4. The van der Waals surface area contributed by atoms with E-state index in [1.54, 1.807) is 23.9 Å². The first kappa shape index (κ1) is 13.5. The van der Waals surface area contributed by atoms with Crippen molar-refractivity contribution in [1.29, 1.82) is 5.41 Å². The highest BCUT2D eigenvalue weighted by molar-refractivity contribution is 7.99. The van der Waals surface area contributed by atoms with Gasteiger partial charge in [-0.05, 0) is 24.8 Å². The van der Waals surface area contributed by atoms with Crippen molar-refractivity contribution in [3.8, 4) is 11.6 Å². The Morgan fingerprint density at radius 3 is 2.89 bits per heavy atom. The smallest absolute Gasteiger partial charge is 0.238 e. The summed E-state index contributed by atoms with van der Waals surface area (Å²) in [6.45, 7) is 3.95. The molecular weight excluding hydrogens is 260 g/mol. The second-order valence-electron chi connectivity index (χ2n) is 3.97. The van der Waals surface area contributed by atoms with E-state index in [1.807, 2.05) is 19.1 Å². The molecule has 0 amide bonds. The highest BCUT2D eigenvalue weighted by Crippen LogP contribution is 2.32. The van der Waals surface area contributed by atoms with Crippen LogP contribution in [0.2, 0.25) is 0 Å². The molecule has 2 aromatic rings. The summed E-state index contributed by atoms with van der Waals surface area (Å²) in [6, 6.07) is 7.41. The molecule has 100 valence electrons. The van der Waals surface area contributed by atoms with Gasteiger partial charge in [-0.25, -0.2) is 0 Å². The Bertz CT molecular complexity index is 594. The predicted molar refractivity (Wildman–Crippen MR) is 77.3 cm³/mol. The van der Waals surface area contributed by atoms with Gasteiger partial charge in [0.15, 0.2) is 0 Å². The van der Waals surface area contributed by atoms with Crippen LogP contribution in [0.1, 0.15) is 18.2 Å². The third-order valence-corrected chi connectivity index (χ3v) is 3.39. The Balaban J connectivity index is 2.38. The lowest BCUT2D eigenvalue weighted by molar-refractivity contribution is 0.459. The molecule has 4 N–H and O–H groups in total. The fourth-order valence-corrected chi connectivity index (χ4v) is 2.54. The van der Waals surface area contributed by atoms with Crippen molar-refractivity contribution in [3.63, 3.8) is 0 Å². The molecule has 1 aromatic heterocycles. The maximum absolute atomic E-state index is 7.72. The van der Waals surface area contributed by atoms with Crippen LogP contribution in [0.15, 0.2) is 29.2 Å². The van der Waals surface area contributed by atoms with Gasteiger partial charge >= 0.3 is 0 Å². The number of nitrogen functional groups attached to an aromatic ring is 1. The second kappa shape index (κ2) is 5.79. The minimum absolute atomic E-state index is 0.00110. The largest absolute Gasteiger partial charge is 0.437 e. The zero-order valence-corrected chi connectivity index (χ0v) is 11.7. The molecule has 0 saturated heterocycles. The average molecular weight is 276 g/mol. The maximum atomic E-state index is 7.72. The van der Waals surface area contributed by atoms with Crippen LogP contribution in [0.3, 0.4) is 0 Å². The number of aromatic nitrogens is 2. The van der Waals surface area contributed by atoms with E-state index in [0.29, 0.717) is 17.2 Å². The summed E-state index contributed by atoms with van der Waals surface area (Å²) >= 11 is 1.63. The summed E-state index contributed by atoms with van der Waals surface area (Å²) in [5, 5.41) is 14.6. The fraction of sp³-hybridized carbons (Fsp3) is 0.231. The van der Waals surface area contributed by atoms with E-state index in [1.165, 1.54) is 0 Å². The van der Waals surface area contributed by atoms with Gasteiger partial charge in [-0.15, -0.1) is 16.9 Å². The topological polar surface area (TPSA) is 87.8 Å². The van der Waals surface area contributed by atoms with Gasteiger partial charge in [0.2, 0.25) is 5.88 Å². The molecule has 0 aliphatic carbocycles. The molecule has 1 aromatic carbocycles. The van der Waals surface area contributed by atoms with Crippen LogP contribution >= 0.6 is 11.8 Å². The van der Waals surface area contributed by atoms with Gasteiger partial charge in [0.1, 0.15) is 11.6 Å². The van der Waals surface area contributed by atoms with E-state index in [9.17, 15) is 0 Å². The Morgan fingerprint density at radius 2 is 2.32 bits per heavy atom. The third-order valence-electron chi connectivity index (χ3n) is 2.45. The Morgan fingerprint density at radius 1 is 1.53 bits per heavy atom. The molecule has 1 heterocycles. The van der Waals surface area contributed by atoms with E-state index in [2.05, 4.69) is 17.1 Å². The van der Waals surface area contributed by atoms with Gasteiger partial charge in [-0.1, -0.05) is 13.0 Å². The number of aryl methyl sites for hydroxylation is 1. The normalized spacial score (nSPS) is 10.4. The zero-order chi connectivity index (χ0) is 13.8. The molecule has 5 nitrogen and oxygen atoms in total. The molecule has 0 bridgehead atoms. The summed E-state index contributed by atoms with van der Waals surface area (Å²) in [4.78, 5) is 0.944. The molecule has 0 fully saturated rings. The highest BCUT2D eigenvalue weighted by atomic mass is 32.2. The van der Waals surface area contributed by atoms with Crippen molar-refractivity contribution in [3.05, 3.63) is 35.5 Å². The van der Waals surface area contributed by atoms with Crippen molar-refractivity contribution in [2.75, 3.05) is 5.75 Å². The van der Waals surface area contributed by atoms with Crippen molar-refractivity contribution in [2.45, 2.75) is 18.7 Å². The Labute approximate surface area is 116 Å². The van der Waals surface area contributed by atoms with E-state index in [4.69, 9.17) is 15.9 Å². The summed E-state index contributed by atoms with van der Waals surface area (Å²) in [5.74, 6) is 1.93. The Kier molecular flexibility index (Phi) is 4.11. The molecule has 0 atom stereocenters. The number of H-pyrrole nitrogens is 1. The van der Waals surface area contributed by atoms with Crippen LogP contribution in [-0.2, 0) is 0 Å². The third kappa shape index (κ3) is 3.08. The average Bonchev–Trinajstić information content (AvgIpc) is 2.75. The van der Waals surface area contributed by atoms with Crippen LogP contribution in [0.5, 0.6) is 11.6 Å². The van der Waals surface area contributed by atoms with Crippen molar-refractivity contribution in [2.24, 2.45) is 5.73 Å². The summed E-state index contributed by atoms with van der Waals surface area (Å²) in [6.07, 6.45) is 0. The predicted octanol–water partition coefficient (Wildman–Crippen LogP) is 2.91. The minimum atomic E-state index is -0.00110. The Hall–Kier alpha value is -1.95. The van der Waals surface area contributed by atoms with Crippen LogP contribution in [-0.4, -0.2) is 21.8 Å². The number of nitrogens with one attached hydrogen (secondary N) is 2. The summed E-state index contributed by atoms with van der Waals surface area (Å²) in [5.41, 5.74) is 7.20. The van der Waals surface area contributed by atoms with E-state index >= 15 is 0 Å². The molecule has 0 aliphatic heterocycles. The molecular formula is C13H16N4OS. The first-order chi connectivity index (χ1) is 9.11. The molecule has 2 rings (SSSR count). The fourth-order valence-electron chi connectivity index (χ4n) is 1.70. The number of amidine groups is 1. The van der Waals surface area contributed by atoms with E-state index in [-0.39, 0.29) is 5.84 Å². The number of thioether (sulfide) groups is 1. The second-order valence-corrected chi connectivity index (χ2v) is 5.27. The number of benzene rings is 1. The summed E-state index contributed by atoms with van der Waals surface area (Å²) < 4.78 is 5.70. The standard InChI is InChI=1S/C13H16N4OS/c1-3-19-10-6-4-5-9(12(10)13(14)15)18-11-7-8(2)16-17-11/h4-7H,3H2,1-2H3,(H3,14,15)(H,16,17). The zero-order valence-electron chi connectivity index (χ0n) is 10.9. The van der Waals surface area contributed by atoms with Crippen molar-refractivity contribution < 1.29 is 4.74 Å². The lowest BCUT2D eigenvalue weighted by Crippen LogP contribution is -2.13. The molecule has 0 saturated carbocycles. The van der Waals surface area contributed by atoms with Gasteiger partial charge < -0.3 is 10.5 Å². The van der Waals surface area contributed by atoms with Crippen LogP contribution in [0, 0.1) is 12.3 Å². The molecule has 6 heteroatoms. The summed E-state index contributed by atoms with van der Waals surface area (Å²) in [7, 11) is 0. The number of rotatable bonds is 5. The van der Waals surface area contributed by atoms with E-state index in [0.717, 1.165) is 16.3 Å². The maximum Gasteiger partial charge on any atom is 0.238 e.